The summed E-state index contributed by atoms with van der Waals surface area (Å²) in [6.45, 7) is 11.2. The van der Waals surface area contributed by atoms with Gasteiger partial charge in [0, 0.05) is 12.3 Å². The van der Waals surface area contributed by atoms with Crippen molar-refractivity contribution in [3.8, 4) is 0 Å². The second kappa shape index (κ2) is 2.80. The Morgan fingerprint density at radius 1 is 1.38 bits per heavy atom. The Morgan fingerprint density at radius 2 is 2.06 bits per heavy atom. The summed E-state index contributed by atoms with van der Waals surface area (Å²) >= 11 is 0. The summed E-state index contributed by atoms with van der Waals surface area (Å²) in [5.74, 6) is 2.04. The largest absolute Gasteiger partial charge is 0.299 e. The second-order valence-electron chi connectivity index (χ2n) is 6.86. The Bertz CT molecular complexity index is 379. The summed E-state index contributed by atoms with van der Waals surface area (Å²) in [5.41, 5.74) is 1.95. The predicted molar refractivity (Wildman–Crippen MR) is 65.0 cm³/mol. The maximum atomic E-state index is 12.0. The van der Waals surface area contributed by atoms with Crippen molar-refractivity contribution in [1.82, 2.24) is 0 Å². The minimum Gasteiger partial charge on any atom is -0.299 e. The Hall–Kier alpha value is -0.590. The van der Waals surface area contributed by atoms with Gasteiger partial charge in [-0.15, -0.1) is 0 Å². The van der Waals surface area contributed by atoms with Crippen LogP contribution in [0.3, 0.4) is 0 Å². The van der Waals surface area contributed by atoms with Gasteiger partial charge >= 0.3 is 0 Å². The number of fused-ring (bicyclic) bond motifs is 1. The minimum atomic E-state index is 0.259. The maximum Gasteiger partial charge on any atom is 0.136 e. The van der Waals surface area contributed by atoms with Crippen molar-refractivity contribution in [3.05, 3.63) is 12.2 Å². The van der Waals surface area contributed by atoms with E-state index in [4.69, 9.17) is 0 Å². The van der Waals surface area contributed by atoms with E-state index in [1.807, 2.05) is 0 Å². The van der Waals surface area contributed by atoms with Gasteiger partial charge in [-0.25, -0.2) is 0 Å². The SMILES string of the molecule is C=C1C2CC(=O)[C@H](C)[C@@]23CC[C@H](C3)C1(C)C. The van der Waals surface area contributed by atoms with E-state index in [1.165, 1.54) is 24.8 Å². The van der Waals surface area contributed by atoms with Crippen molar-refractivity contribution in [2.45, 2.75) is 46.5 Å². The van der Waals surface area contributed by atoms with E-state index in [0.717, 1.165) is 12.3 Å². The second-order valence-corrected chi connectivity index (χ2v) is 6.86. The molecule has 0 amide bonds. The molecule has 4 atom stereocenters. The number of ketones is 1. The molecule has 3 aliphatic carbocycles. The van der Waals surface area contributed by atoms with Crippen molar-refractivity contribution in [1.29, 1.82) is 0 Å². The number of hydrogen-bond acceptors (Lipinski definition) is 1. The third-order valence-corrected chi connectivity index (χ3v) is 6.30. The number of allylic oxidation sites excluding steroid dienone is 1. The molecule has 88 valence electrons. The zero-order valence-electron chi connectivity index (χ0n) is 10.7. The average molecular weight is 218 g/mol. The molecule has 16 heavy (non-hydrogen) atoms. The molecule has 1 nitrogen and oxygen atoms in total. The summed E-state index contributed by atoms with van der Waals surface area (Å²) in [7, 11) is 0. The number of carbonyl (C=O) groups excluding carboxylic acids is 1. The molecule has 3 rings (SSSR count). The summed E-state index contributed by atoms with van der Waals surface area (Å²) in [6.07, 6.45) is 4.62. The summed E-state index contributed by atoms with van der Waals surface area (Å²) < 4.78 is 0. The van der Waals surface area contributed by atoms with Crippen LogP contribution in [0.4, 0.5) is 0 Å². The van der Waals surface area contributed by atoms with Crippen LogP contribution in [0.1, 0.15) is 46.5 Å². The normalized spacial score (nSPS) is 49.6. The molecular formula is C15H22O. The zero-order chi connectivity index (χ0) is 11.7. The van der Waals surface area contributed by atoms with Gasteiger partial charge in [0.05, 0.1) is 0 Å². The molecule has 0 saturated heterocycles. The van der Waals surface area contributed by atoms with Crippen LogP contribution in [-0.2, 0) is 4.79 Å². The maximum absolute atomic E-state index is 12.0. The first-order valence-corrected chi connectivity index (χ1v) is 6.61. The molecule has 0 radical (unpaired) electrons. The predicted octanol–water partition coefficient (Wildman–Crippen LogP) is 3.59. The molecular weight excluding hydrogens is 196 g/mol. The fraction of sp³-hybridized carbons (Fsp3) is 0.800. The average Bonchev–Trinajstić information content (AvgIpc) is 2.75. The van der Waals surface area contributed by atoms with Gasteiger partial charge in [-0.1, -0.05) is 32.9 Å². The van der Waals surface area contributed by atoms with Crippen LogP contribution < -0.4 is 0 Å². The number of hydrogen-bond donors (Lipinski definition) is 0. The lowest BCUT2D eigenvalue weighted by Crippen LogP contribution is -2.40. The molecule has 3 aliphatic rings. The van der Waals surface area contributed by atoms with Gasteiger partial charge in [0.2, 0.25) is 0 Å². The van der Waals surface area contributed by atoms with Crippen LogP contribution >= 0.6 is 0 Å². The molecule has 1 spiro atoms. The molecule has 3 fully saturated rings. The smallest absolute Gasteiger partial charge is 0.136 e. The molecule has 1 heteroatoms. The number of rotatable bonds is 0. The third-order valence-electron chi connectivity index (χ3n) is 6.30. The Kier molecular flexibility index (Phi) is 1.85. The van der Waals surface area contributed by atoms with E-state index in [1.54, 1.807) is 0 Å². The van der Waals surface area contributed by atoms with E-state index in [-0.39, 0.29) is 11.3 Å². The molecule has 2 bridgehead atoms. The van der Waals surface area contributed by atoms with Gasteiger partial charge in [0.25, 0.3) is 0 Å². The standard InChI is InChI=1S/C15H22O/c1-9-12-7-13(16)10(2)15(12)6-5-11(8-15)14(9,3)4/h10-12H,1,5-8H2,2-4H3/t10-,11+,12?,15-/m0/s1. The van der Waals surface area contributed by atoms with Crippen molar-refractivity contribution < 1.29 is 4.79 Å². The lowest BCUT2D eigenvalue weighted by atomic mass is 9.56. The summed E-state index contributed by atoms with van der Waals surface area (Å²) in [4.78, 5) is 12.0. The van der Waals surface area contributed by atoms with Crippen LogP contribution in [0.2, 0.25) is 0 Å². The third kappa shape index (κ3) is 0.959. The van der Waals surface area contributed by atoms with E-state index >= 15 is 0 Å². The Balaban J connectivity index is 2.10. The van der Waals surface area contributed by atoms with Crippen molar-refractivity contribution in [2.75, 3.05) is 0 Å². The highest BCUT2D eigenvalue weighted by Crippen LogP contribution is 2.69. The topological polar surface area (TPSA) is 17.1 Å². The zero-order valence-corrected chi connectivity index (χ0v) is 10.7. The highest BCUT2D eigenvalue weighted by Gasteiger charge is 2.63. The molecule has 0 aromatic rings. The van der Waals surface area contributed by atoms with Crippen LogP contribution in [0, 0.1) is 28.6 Å². The van der Waals surface area contributed by atoms with Crippen LogP contribution in [0.15, 0.2) is 12.2 Å². The fourth-order valence-electron chi connectivity index (χ4n) is 4.82. The van der Waals surface area contributed by atoms with Crippen LogP contribution in [-0.4, -0.2) is 5.78 Å². The highest BCUT2D eigenvalue weighted by molar-refractivity contribution is 5.85. The van der Waals surface area contributed by atoms with Crippen LogP contribution in [0.25, 0.3) is 0 Å². The van der Waals surface area contributed by atoms with Gasteiger partial charge in [-0.2, -0.15) is 0 Å². The minimum absolute atomic E-state index is 0.259. The van der Waals surface area contributed by atoms with Crippen LogP contribution in [0.5, 0.6) is 0 Å². The first-order valence-electron chi connectivity index (χ1n) is 6.61. The van der Waals surface area contributed by atoms with Gasteiger partial charge < -0.3 is 0 Å². The van der Waals surface area contributed by atoms with E-state index in [0.29, 0.717) is 17.1 Å². The van der Waals surface area contributed by atoms with Gasteiger partial charge in [0.15, 0.2) is 0 Å². The molecule has 0 heterocycles. The highest BCUT2D eigenvalue weighted by atomic mass is 16.1. The monoisotopic (exact) mass is 218 g/mol. The lowest BCUT2D eigenvalue weighted by molar-refractivity contribution is -0.121. The van der Waals surface area contributed by atoms with E-state index in [2.05, 4.69) is 27.4 Å². The Morgan fingerprint density at radius 3 is 2.75 bits per heavy atom. The fourth-order valence-corrected chi connectivity index (χ4v) is 4.82. The molecule has 0 aliphatic heterocycles. The number of Topliss-reactive ketones (excluding diaryl/α,β-unsaturated/α-hetero) is 1. The first kappa shape index (κ1) is 10.6. The van der Waals surface area contributed by atoms with Crippen molar-refractivity contribution >= 4 is 5.78 Å². The van der Waals surface area contributed by atoms with Gasteiger partial charge in [-0.3, -0.25) is 4.79 Å². The molecule has 0 aromatic heterocycles. The van der Waals surface area contributed by atoms with Gasteiger partial charge in [0.1, 0.15) is 5.78 Å². The van der Waals surface area contributed by atoms with Crippen molar-refractivity contribution in [3.63, 3.8) is 0 Å². The van der Waals surface area contributed by atoms with Crippen molar-refractivity contribution in [2.24, 2.45) is 28.6 Å². The first-order chi connectivity index (χ1) is 7.39. The summed E-state index contributed by atoms with van der Waals surface area (Å²) in [6, 6.07) is 0. The molecule has 1 unspecified atom stereocenters. The molecule has 0 N–H and O–H groups in total. The molecule has 3 saturated carbocycles. The van der Waals surface area contributed by atoms with E-state index in [9.17, 15) is 4.79 Å². The molecule has 0 aromatic carbocycles. The summed E-state index contributed by atoms with van der Waals surface area (Å²) in [5, 5.41) is 0. The lowest BCUT2D eigenvalue weighted by Gasteiger charge is -2.48. The number of carbonyl (C=O) groups is 1. The van der Waals surface area contributed by atoms with Gasteiger partial charge in [-0.05, 0) is 41.9 Å². The Labute approximate surface area is 98.3 Å². The van der Waals surface area contributed by atoms with E-state index < -0.39 is 0 Å². The quantitative estimate of drug-likeness (QED) is 0.568.